The van der Waals surface area contributed by atoms with Gasteiger partial charge in [0.1, 0.15) is 0 Å². The van der Waals surface area contributed by atoms with Gasteiger partial charge in [-0.05, 0) is 31.9 Å². The minimum absolute atomic E-state index is 0.105. The van der Waals surface area contributed by atoms with Crippen molar-refractivity contribution in [2.45, 2.75) is 39.7 Å². The highest BCUT2D eigenvalue weighted by Crippen LogP contribution is 2.01. The molecule has 1 aromatic rings. The summed E-state index contributed by atoms with van der Waals surface area (Å²) in [5.41, 5.74) is 0. The number of carbonyl (C=O) groups excluding carboxylic acids is 1. The summed E-state index contributed by atoms with van der Waals surface area (Å²) in [6.07, 6.45) is 3.19. The smallest absolute Gasteiger partial charge is 0.294 e. The summed E-state index contributed by atoms with van der Waals surface area (Å²) < 4.78 is 10.4. The molecule has 0 aromatic carbocycles. The minimum atomic E-state index is -0.349. The third-order valence-corrected chi connectivity index (χ3v) is 2.34. The number of nitrogens with zero attached hydrogens (tertiary/aromatic N) is 1. The van der Waals surface area contributed by atoms with Crippen molar-refractivity contribution in [2.75, 3.05) is 6.61 Å². The van der Waals surface area contributed by atoms with E-state index in [9.17, 15) is 4.79 Å². The fourth-order valence-electron chi connectivity index (χ4n) is 1.16. The molecule has 5 nitrogen and oxygen atoms in total. The summed E-state index contributed by atoms with van der Waals surface area (Å²) in [4.78, 5) is 16.1. The Kier molecular flexibility index (Phi) is 5.97. The van der Waals surface area contributed by atoms with Crippen LogP contribution in [-0.4, -0.2) is 24.6 Å². The molecule has 1 amide bonds. The molecule has 0 unspecified atom stereocenters. The summed E-state index contributed by atoms with van der Waals surface area (Å²) >= 11 is 0. The Balaban J connectivity index is 2.66. The number of rotatable bonds is 5. The van der Waals surface area contributed by atoms with Crippen LogP contribution < -0.4 is 5.32 Å². The minimum Gasteiger partial charge on any atom is -0.465 e. The Labute approximate surface area is 107 Å². The summed E-state index contributed by atoms with van der Waals surface area (Å²) in [5.74, 6) is -0.106. The van der Waals surface area contributed by atoms with Crippen LogP contribution in [0.1, 0.15) is 44.2 Å². The lowest BCUT2D eigenvalue weighted by Crippen LogP contribution is -2.33. The lowest BCUT2D eigenvalue weighted by atomic mass is 10.3. The largest absolute Gasteiger partial charge is 0.465 e. The molecule has 0 saturated carbocycles. The zero-order chi connectivity index (χ0) is 13.4. The van der Waals surface area contributed by atoms with Gasteiger partial charge in [0.2, 0.25) is 0 Å². The molecule has 1 heterocycles. The average molecular weight is 252 g/mol. The number of hydrogen-bond acceptors (Lipinski definition) is 4. The molecule has 0 saturated heterocycles. The van der Waals surface area contributed by atoms with Crippen molar-refractivity contribution < 1.29 is 13.9 Å². The van der Waals surface area contributed by atoms with E-state index in [1.807, 2.05) is 20.8 Å². The Hall–Kier alpha value is -1.78. The first-order chi connectivity index (χ1) is 8.67. The van der Waals surface area contributed by atoms with Crippen LogP contribution in [0.3, 0.4) is 0 Å². The Morgan fingerprint density at radius 2 is 2.33 bits per heavy atom. The number of carbonyl (C=O) groups is 1. The van der Waals surface area contributed by atoms with Gasteiger partial charge in [-0.2, -0.15) is 0 Å². The van der Waals surface area contributed by atoms with Crippen LogP contribution in [0.5, 0.6) is 0 Å². The van der Waals surface area contributed by atoms with E-state index in [1.54, 1.807) is 12.1 Å². The maximum Gasteiger partial charge on any atom is 0.294 e. The van der Waals surface area contributed by atoms with Gasteiger partial charge in [0.05, 0.1) is 18.9 Å². The van der Waals surface area contributed by atoms with E-state index >= 15 is 0 Å². The normalized spacial score (nSPS) is 13.2. The molecule has 1 rings (SSSR count). The van der Waals surface area contributed by atoms with Gasteiger partial charge in [0, 0.05) is 0 Å². The molecule has 0 aliphatic rings. The molecule has 1 N–H and O–H groups in total. The molecule has 0 bridgehead atoms. The quantitative estimate of drug-likeness (QED) is 0.647. The van der Waals surface area contributed by atoms with Gasteiger partial charge in [0.15, 0.2) is 5.76 Å². The number of ether oxygens (including phenoxy) is 1. The molecule has 5 heteroatoms. The van der Waals surface area contributed by atoms with Gasteiger partial charge in [-0.25, -0.2) is 4.99 Å². The van der Waals surface area contributed by atoms with Crippen molar-refractivity contribution >= 4 is 11.9 Å². The molecular formula is C13H20N2O3. The van der Waals surface area contributed by atoms with Crippen molar-refractivity contribution in [3.63, 3.8) is 0 Å². The van der Waals surface area contributed by atoms with Crippen LogP contribution in [-0.2, 0) is 4.74 Å². The van der Waals surface area contributed by atoms with Gasteiger partial charge in [-0.3, -0.25) is 10.1 Å². The van der Waals surface area contributed by atoms with E-state index in [-0.39, 0.29) is 23.7 Å². The second kappa shape index (κ2) is 7.53. The topological polar surface area (TPSA) is 63.8 Å². The monoisotopic (exact) mass is 252 g/mol. The van der Waals surface area contributed by atoms with Crippen LogP contribution in [0, 0.1) is 0 Å². The van der Waals surface area contributed by atoms with Crippen LogP contribution in [0.25, 0.3) is 0 Å². The highest BCUT2D eigenvalue weighted by atomic mass is 16.5. The molecule has 1 aromatic heterocycles. The number of hydrogen-bond donors (Lipinski definition) is 1. The highest BCUT2D eigenvalue weighted by Gasteiger charge is 2.13. The first kappa shape index (κ1) is 14.3. The van der Waals surface area contributed by atoms with E-state index < -0.39 is 0 Å². The molecule has 0 spiro atoms. The van der Waals surface area contributed by atoms with Gasteiger partial charge in [0.25, 0.3) is 11.9 Å². The van der Waals surface area contributed by atoms with Crippen molar-refractivity contribution in [3.05, 3.63) is 24.2 Å². The molecular weight excluding hydrogens is 232 g/mol. The maximum absolute atomic E-state index is 11.8. The van der Waals surface area contributed by atoms with Gasteiger partial charge >= 0.3 is 0 Å². The van der Waals surface area contributed by atoms with Crippen LogP contribution >= 0.6 is 0 Å². The summed E-state index contributed by atoms with van der Waals surface area (Å²) in [7, 11) is 0. The predicted molar refractivity (Wildman–Crippen MR) is 69.6 cm³/mol. The lowest BCUT2D eigenvalue weighted by molar-refractivity contribution is 0.0938. The lowest BCUT2D eigenvalue weighted by Gasteiger charge is -2.11. The highest BCUT2D eigenvalue weighted by molar-refractivity contribution is 6.02. The standard InChI is InChI=1S/C13H20N2O3/c1-4-8-18-13(14-10(3)5-2)15-12(16)11-7-6-9-17-11/h6-7,9-10H,4-5,8H2,1-3H3,(H,14,15,16)/t10-/m0/s1. The van der Waals surface area contributed by atoms with E-state index in [4.69, 9.17) is 9.15 Å². The van der Waals surface area contributed by atoms with Gasteiger partial charge < -0.3 is 9.15 Å². The van der Waals surface area contributed by atoms with Crippen LogP contribution in [0.15, 0.2) is 27.8 Å². The zero-order valence-corrected chi connectivity index (χ0v) is 11.1. The van der Waals surface area contributed by atoms with Crippen molar-refractivity contribution in [3.8, 4) is 0 Å². The van der Waals surface area contributed by atoms with E-state index in [2.05, 4.69) is 10.3 Å². The van der Waals surface area contributed by atoms with E-state index in [0.717, 1.165) is 12.8 Å². The van der Waals surface area contributed by atoms with Crippen LogP contribution in [0.4, 0.5) is 0 Å². The predicted octanol–water partition coefficient (Wildman–Crippen LogP) is 2.59. The molecule has 0 radical (unpaired) electrons. The molecule has 1 atom stereocenters. The van der Waals surface area contributed by atoms with Crippen molar-refractivity contribution in [1.29, 1.82) is 0 Å². The number of furan rings is 1. The maximum atomic E-state index is 11.8. The first-order valence-electron chi connectivity index (χ1n) is 6.22. The number of amides is 1. The summed E-state index contributed by atoms with van der Waals surface area (Å²) in [6, 6.07) is 3.62. The SMILES string of the molecule is CCCOC(=N[C@@H](C)CC)NC(=O)c1ccco1. The van der Waals surface area contributed by atoms with Gasteiger partial charge in [-0.1, -0.05) is 13.8 Å². The fraction of sp³-hybridized carbons (Fsp3) is 0.538. The van der Waals surface area contributed by atoms with Crippen LogP contribution in [0.2, 0.25) is 0 Å². The van der Waals surface area contributed by atoms with Gasteiger partial charge in [-0.15, -0.1) is 0 Å². The first-order valence-corrected chi connectivity index (χ1v) is 6.22. The molecule has 0 aliphatic carbocycles. The van der Waals surface area contributed by atoms with E-state index in [1.165, 1.54) is 6.26 Å². The van der Waals surface area contributed by atoms with Crippen molar-refractivity contribution in [1.82, 2.24) is 5.32 Å². The summed E-state index contributed by atoms with van der Waals surface area (Å²) in [5, 5.41) is 2.61. The zero-order valence-electron chi connectivity index (χ0n) is 11.1. The van der Waals surface area contributed by atoms with Crippen molar-refractivity contribution in [2.24, 2.45) is 4.99 Å². The molecule has 0 aliphatic heterocycles. The second-order valence-electron chi connectivity index (χ2n) is 3.97. The Morgan fingerprint density at radius 1 is 1.56 bits per heavy atom. The second-order valence-corrected chi connectivity index (χ2v) is 3.97. The Morgan fingerprint density at radius 3 is 2.89 bits per heavy atom. The fourth-order valence-corrected chi connectivity index (χ4v) is 1.16. The molecule has 100 valence electrons. The number of aliphatic imine (C=N–C) groups is 1. The number of amidine groups is 1. The summed E-state index contributed by atoms with van der Waals surface area (Å²) in [6.45, 7) is 6.51. The number of nitrogens with one attached hydrogen (secondary N) is 1. The average Bonchev–Trinajstić information content (AvgIpc) is 2.89. The molecule has 0 fully saturated rings. The van der Waals surface area contributed by atoms with E-state index in [0.29, 0.717) is 6.61 Å². The Bertz CT molecular complexity index is 385. The third kappa shape index (κ3) is 4.61. The third-order valence-electron chi connectivity index (χ3n) is 2.34. The molecule has 18 heavy (non-hydrogen) atoms.